The molecule has 1 fully saturated rings. The molecular formula is C23H20F3N5O3. The topological polar surface area (TPSA) is 109 Å². The van der Waals surface area contributed by atoms with Gasteiger partial charge in [0.05, 0.1) is 11.1 Å². The number of halogens is 3. The van der Waals surface area contributed by atoms with Crippen molar-refractivity contribution in [2.45, 2.75) is 24.6 Å². The van der Waals surface area contributed by atoms with Crippen LogP contribution in [0.2, 0.25) is 0 Å². The van der Waals surface area contributed by atoms with Crippen molar-refractivity contribution in [3.05, 3.63) is 71.8 Å². The molecule has 1 aromatic heterocycles. The molecule has 0 unspecified atom stereocenters. The SMILES string of the molecule is C=Cc1ccc(C2(Nc3nc(Nc4ccc(C(=O)O)cc4)nc(OCC(F)(F)F)n3)CC2)cc1. The Hall–Kier alpha value is -4.15. The first kappa shape index (κ1) is 23.0. The van der Waals surface area contributed by atoms with Crippen molar-refractivity contribution in [3.8, 4) is 6.01 Å². The van der Waals surface area contributed by atoms with E-state index in [1.54, 1.807) is 6.08 Å². The van der Waals surface area contributed by atoms with Gasteiger partial charge in [-0.2, -0.15) is 28.1 Å². The number of alkyl halides is 3. The smallest absolute Gasteiger partial charge is 0.422 e. The summed E-state index contributed by atoms with van der Waals surface area (Å²) in [6.45, 7) is 2.18. The predicted molar refractivity (Wildman–Crippen MR) is 119 cm³/mol. The molecule has 2 aromatic carbocycles. The number of carboxylic acid groups (broad SMARTS) is 1. The number of aromatic carboxylic acids is 1. The van der Waals surface area contributed by atoms with Crippen molar-refractivity contribution in [1.82, 2.24) is 15.0 Å². The van der Waals surface area contributed by atoms with Crippen LogP contribution >= 0.6 is 0 Å². The van der Waals surface area contributed by atoms with Gasteiger partial charge in [0.2, 0.25) is 11.9 Å². The number of carbonyl (C=O) groups is 1. The minimum Gasteiger partial charge on any atom is -0.478 e. The van der Waals surface area contributed by atoms with Crippen LogP contribution in [0.5, 0.6) is 6.01 Å². The van der Waals surface area contributed by atoms with Crippen LogP contribution in [0, 0.1) is 0 Å². The van der Waals surface area contributed by atoms with Crippen LogP contribution in [0.4, 0.5) is 30.8 Å². The third-order valence-electron chi connectivity index (χ3n) is 5.17. The maximum Gasteiger partial charge on any atom is 0.422 e. The Kier molecular flexibility index (Phi) is 6.10. The summed E-state index contributed by atoms with van der Waals surface area (Å²) in [5.41, 5.74) is 2.00. The van der Waals surface area contributed by atoms with Gasteiger partial charge in [-0.3, -0.25) is 0 Å². The van der Waals surface area contributed by atoms with Gasteiger partial charge >= 0.3 is 18.2 Å². The summed E-state index contributed by atoms with van der Waals surface area (Å²) in [5.74, 6) is -1.10. The number of benzene rings is 2. The van der Waals surface area contributed by atoms with Crippen LogP contribution in [-0.4, -0.2) is 38.8 Å². The average Bonchev–Trinajstić information content (AvgIpc) is 3.58. The molecule has 0 amide bonds. The molecule has 1 aliphatic rings. The van der Waals surface area contributed by atoms with Gasteiger partial charge in [-0.25, -0.2) is 4.79 Å². The normalized spacial score (nSPS) is 14.2. The first-order valence-electron chi connectivity index (χ1n) is 10.2. The van der Waals surface area contributed by atoms with E-state index in [9.17, 15) is 18.0 Å². The largest absolute Gasteiger partial charge is 0.478 e. The zero-order valence-electron chi connectivity index (χ0n) is 17.8. The molecule has 34 heavy (non-hydrogen) atoms. The van der Waals surface area contributed by atoms with Crippen LogP contribution in [-0.2, 0) is 5.54 Å². The maximum atomic E-state index is 12.7. The lowest BCUT2D eigenvalue weighted by molar-refractivity contribution is -0.154. The Labute approximate surface area is 192 Å². The molecule has 4 rings (SSSR count). The van der Waals surface area contributed by atoms with E-state index in [4.69, 9.17) is 9.84 Å². The van der Waals surface area contributed by atoms with Crippen molar-refractivity contribution in [2.24, 2.45) is 0 Å². The number of hydrogen-bond acceptors (Lipinski definition) is 7. The molecule has 0 aliphatic heterocycles. The van der Waals surface area contributed by atoms with E-state index in [1.165, 1.54) is 24.3 Å². The number of hydrogen-bond donors (Lipinski definition) is 3. The van der Waals surface area contributed by atoms with E-state index in [-0.39, 0.29) is 17.5 Å². The molecule has 11 heteroatoms. The molecule has 176 valence electrons. The third kappa shape index (κ3) is 5.61. The van der Waals surface area contributed by atoms with Gasteiger partial charge < -0.3 is 20.5 Å². The van der Waals surface area contributed by atoms with Crippen LogP contribution in [0.1, 0.15) is 34.3 Å². The van der Waals surface area contributed by atoms with Gasteiger partial charge in [-0.1, -0.05) is 36.9 Å². The second-order valence-electron chi connectivity index (χ2n) is 7.71. The van der Waals surface area contributed by atoms with Crippen molar-refractivity contribution in [2.75, 3.05) is 17.2 Å². The van der Waals surface area contributed by atoms with E-state index < -0.39 is 30.3 Å². The fraction of sp³-hybridized carbons (Fsp3) is 0.217. The summed E-state index contributed by atoms with van der Waals surface area (Å²) < 4.78 is 42.8. The second-order valence-corrected chi connectivity index (χ2v) is 7.71. The van der Waals surface area contributed by atoms with Gasteiger partial charge in [-0.15, -0.1) is 0 Å². The number of nitrogens with one attached hydrogen (secondary N) is 2. The molecule has 3 N–H and O–H groups in total. The summed E-state index contributed by atoms with van der Waals surface area (Å²) in [7, 11) is 0. The summed E-state index contributed by atoms with van der Waals surface area (Å²) in [6.07, 6.45) is -1.27. The van der Waals surface area contributed by atoms with Crippen LogP contribution < -0.4 is 15.4 Å². The third-order valence-corrected chi connectivity index (χ3v) is 5.17. The highest BCUT2D eigenvalue weighted by Crippen LogP contribution is 2.48. The Morgan fingerprint density at radius 3 is 2.26 bits per heavy atom. The second kappa shape index (κ2) is 9.00. The molecule has 0 radical (unpaired) electrons. The Morgan fingerprint density at radius 2 is 1.71 bits per heavy atom. The van der Waals surface area contributed by atoms with E-state index in [0.717, 1.165) is 24.0 Å². The van der Waals surface area contributed by atoms with Crippen LogP contribution in [0.3, 0.4) is 0 Å². The summed E-state index contributed by atoms with van der Waals surface area (Å²) in [6, 6.07) is 12.9. The van der Waals surface area contributed by atoms with Gasteiger partial charge in [0, 0.05) is 5.69 Å². The lowest BCUT2D eigenvalue weighted by Crippen LogP contribution is -2.23. The maximum absolute atomic E-state index is 12.7. The Balaban J connectivity index is 1.60. The predicted octanol–water partition coefficient (Wildman–Crippen LogP) is 5.00. The quantitative estimate of drug-likeness (QED) is 0.400. The van der Waals surface area contributed by atoms with Gasteiger partial charge in [-0.05, 0) is 48.2 Å². The molecule has 3 aromatic rings. The van der Waals surface area contributed by atoms with Gasteiger partial charge in [0.15, 0.2) is 6.61 Å². The van der Waals surface area contributed by atoms with E-state index >= 15 is 0 Å². The Morgan fingerprint density at radius 1 is 1.06 bits per heavy atom. The first-order valence-corrected chi connectivity index (χ1v) is 10.2. The molecule has 1 saturated carbocycles. The first-order chi connectivity index (χ1) is 16.2. The highest BCUT2D eigenvalue weighted by molar-refractivity contribution is 5.88. The number of nitrogens with zero attached hydrogens (tertiary/aromatic N) is 3. The highest BCUT2D eigenvalue weighted by atomic mass is 19.4. The lowest BCUT2D eigenvalue weighted by Gasteiger charge is -2.19. The number of aromatic nitrogens is 3. The Bertz CT molecular complexity index is 1190. The molecule has 0 atom stereocenters. The monoisotopic (exact) mass is 471 g/mol. The van der Waals surface area contributed by atoms with Crippen molar-refractivity contribution < 1.29 is 27.8 Å². The molecule has 1 aliphatic carbocycles. The minimum atomic E-state index is -4.56. The van der Waals surface area contributed by atoms with Gasteiger partial charge in [0.1, 0.15) is 0 Å². The zero-order valence-corrected chi connectivity index (χ0v) is 17.8. The zero-order chi connectivity index (χ0) is 24.3. The summed E-state index contributed by atoms with van der Waals surface area (Å²) >= 11 is 0. The minimum absolute atomic E-state index is 0.0436. The van der Waals surface area contributed by atoms with Crippen LogP contribution in [0.25, 0.3) is 6.08 Å². The summed E-state index contributed by atoms with van der Waals surface area (Å²) in [4.78, 5) is 23.2. The molecule has 0 saturated heterocycles. The average molecular weight is 471 g/mol. The fourth-order valence-corrected chi connectivity index (χ4v) is 3.27. The van der Waals surface area contributed by atoms with Crippen LogP contribution in [0.15, 0.2) is 55.1 Å². The molecular weight excluding hydrogens is 451 g/mol. The standard InChI is InChI=1S/C23H20F3N5O3/c1-2-14-3-7-16(8-4-14)22(11-12-22)31-20-28-19(29-21(30-20)34-13-23(24,25)26)27-17-9-5-15(6-10-17)18(32)33/h2-10H,1,11-13H2,(H,32,33)(H2,27,28,29,30,31). The van der Waals surface area contributed by atoms with E-state index in [0.29, 0.717) is 5.69 Å². The number of ether oxygens (including phenoxy) is 1. The van der Waals surface area contributed by atoms with Crippen molar-refractivity contribution in [1.29, 1.82) is 0 Å². The molecule has 0 spiro atoms. The fourth-order valence-electron chi connectivity index (χ4n) is 3.27. The molecule has 0 bridgehead atoms. The molecule has 1 heterocycles. The number of carboxylic acids is 1. The van der Waals surface area contributed by atoms with E-state index in [2.05, 4.69) is 32.2 Å². The van der Waals surface area contributed by atoms with Crippen molar-refractivity contribution in [3.63, 3.8) is 0 Å². The summed E-state index contributed by atoms with van der Waals surface area (Å²) in [5, 5.41) is 15.1. The molecule has 8 nitrogen and oxygen atoms in total. The lowest BCUT2D eigenvalue weighted by atomic mass is 10.0. The number of anilines is 3. The highest BCUT2D eigenvalue weighted by Gasteiger charge is 2.45. The van der Waals surface area contributed by atoms with Gasteiger partial charge in [0.25, 0.3) is 0 Å². The number of rotatable bonds is 9. The van der Waals surface area contributed by atoms with Crippen molar-refractivity contribution >= 4 is 29.6 Å². The van der Waals surface area contributed by atoms with E-state index in [1.807, 2.05) is 24.3 Å².